The second-order valence-electron chi connectivity index (χ2n) is 7.66. The number of rotatable bonds is 1. The Morgan fingerprint density at radius 2 is 1.91 bits per heavy atom. The van der Waals surface area contributed by atoms with Crippen LogP contribution in [0.2, 0.25) is 0 Å². The number of amides is 2. The number of carbonyl (C=O) groups excluding carboxylic acids is 2. The lowest BCUT2D eigenvalue weighted by Crippen LogP contribution is -2.61. The molecule has 0 aliphatic carbocycles. The Hall–Kier alpha value is -3.66. The number of morpholine rings is 1. The molecule has 0 saturated carbocycles. The SMILES string of the molecule is O=C(c1cc(=O)[nH]c(=O)[nH]1)N1CCOC2(C/C=C/Cc3ccccc3OCCNC2=O)C1. The zero-order chi connectivity index (χ0) is 22.6. The summed E-state index contributed by atoms with van der Waals surface area (Å²) < 4.78 is 11.7. The molecule has 0 bridgehead atoms. The molecule has 2 aliphatic rings. The molecule has 3 N–H and O–H groups in total. The highest BCUT2D eigenvalue weighted by Crippen LogP contribution is 2.25. The molecule has 1 aromatic carbocycles. The third kappa shape index (κ3) is 4.65. The Morgan fingerprint density at radius 1 is 1.06 bits per heavy atom. The Labute approximate surface area is 183 Å². The molecule has 2 amide bonds. The predicted molar refractivity (Wildman–Crippen MR) is 115 cm³/mol. The van der Waals surface area contributed by atoms with Crippen LogP contribution >= 0.6 is 0 Å². The lowest BCUT2D eigenvalue weighted by Gasteiger charge is -2.41. The van der Waals surface area contributed by atoms with Crippen LogP contribution in [0.25, 0.3) is 0 Å². The third-order valence-electron chi connectivity index (χ3n) is 5.45. The average molecular weight is 440 g/mol. The van der Waals surface area contributed by atoms with Gasteiger partial charge in [-0.3, -0.25) is 19.4 Å². The molecule has 10 heteroatoms. The van der Waals surface area contributed by atoms with Crippen LogP contribution in [0.4, 0.5) is 0 Å². The van der Waals surface area contributed by atoms with Gasteiger partial charge in [0.05, 0.1) is 19.7 Å². The van der Waals surface area contributed by atoms with Crippen LogP contribution in [0.1, 0.15) is 22.5 Å². The molecule has 1 spiro atoms. The summed E-state index contributed by atoms with van der Waals surface area (Å²) >= 11 is 0. The van der Waals surface area contributed by atoms with E-state index in [9.17, 15) is 19.2 Å². The molecule has 32 heavy (non-hydrogen) atoms. The third-order valence-corrected chi connectivity index (χ3v) is 5.45. The van der Waals surface area contributed by atoms with Gasteiger partial charge in [-0.25, -0.2) is 4.79 Å². The molecule has 3 heterocycles. The molecule has 168 valence electrons. The van der Waals surface area contributed by atoms with Crippen molar-refractivity contribution >= 4 is 11.8 Å². The number of benzene rings is 1. The van der Waals surface area contributed by atoms with Crippen LogP contribution in [-0.2, 0) is 16.0 Å². The summed E-state index contributed by atoms with van der Waals surface area (Å²) in [6.07, 6.45) is 4.69. The Kier molecular flexibility index (Phi) is 6.22. The lowest BCUT2D eigenvalue weighted by atomic mass is 9.94. The molecule has 1 fully saturated rings. The van der Waals surface area contributed by atoms with E-state index in [2.05, 4.69) is 10.3 Å². The van der Waals surface area contributed by atoms with Crippen molar-refractivity contribution in [1.82, 2.24) is 20.2 Å². The zero-order valence-corrected chi connectivity index (χ0v) is 17.4. The molecule has 0 radical (unpaired) electrons. The fourth-order valence-corrected chi connectivity index (χ4v) is 3.85. The maximum Gasteiger partial charge on any atom is 0.326 e. The second-order valence-corrected chi connectivity index (χ2v) is 7.66. The number of carbonyl (C=O) groups is 2. The first-order chi connectivity index (χ1) is 15.5. The Balaban J connectivity index is 1.57. The number of H-pyrrole nitrogens is 2. The minimum absolute atomic E-state index is 0.0196. The molecule has 1 aromatic heterocycles. The van der Waals surface area contributed by atoms with Crippen LogP contribution in [0, 0.1) is 0 Å². The van der Waals surface area contributed by atoms with E-state index < -0.39 is 22.8 Å². The van der Waals surface area contributed by atoms with Gasteiger partial charge in [-0.1, -0.05) is 30.4 Å². The summed E-state index contributed by atoms with van der Waals surface area (Å²) in [5.74, 6) is -0.119. The molecule has 2 aliphatic heterocycles. The topological polar surface area (TPSA) is 134 Å². The van der Waals surface area contributed by atoms with Crippen molar-refractivity contribution < 1.29 is 19.1 Å². The summed E-state index contributed by atoms with van der Waals surface area (Å²) in [6.45, 7) is 0.910. The van der Waals surface area contributed by atoms with Gasteiger partial charge < -0.3 is 24.7 Å². The maximum atomic E-state index is 13.1. The largest absolute Gasteiger partial charge is 0.491 e. The van der Waals surface area contributed by atoms with Crippen molar-refractivity contribution in [2.24, 2.45) is 0 Å². The number of aromatic amines is 2. The number of nitrogens with zero attached hydrogens (tertiary/aromatic N) is 1. The number of allylic oxidation sites excluding steroid dienone is 1. The summed E-state index contributed by atoms with van der Waals surface area (Å²) in [5.41, 5.74) is -1.83. The quantitative estimate of drug-likeness (QED) is 0.534. The van der Waals surface area contributed by atoms with Gasteiger partial charge in [0.1, 0.15) is 18.1 Å². The highest BCUT2D eigenvalue weighted by atomic mass is 16.5. The van der Waals surface area contributed by atoms with E-state index in [1.165, 1.54) is 4.90 Å². The molecule has 1 unspecified atom stereocenters. The zero-order valence-electron chi connectivity index (χ0n) is 17.4. The van der Waals surface area contributed by atoms with Gasteiger partial charge in [0, 0.05) is 19.0 Å². The van der Waals surface area contributed by atoms with Crippen LogP contribution in [0.15, 0.2) is 52.1 Å². The predicted octanol–water partition coefficient (Wildman–Crippen LogP) is -0.0280. The van der Waals surface area contributed by atoms with Gasteiger partial charge in [0.25, 0.3) is 17.4 Å². The molecule has 10 nitrogen and oxygen atoms in total. The lowest BCUT2D eigenvalue weighted by molar-refractivity contribution is -0.156. The summed E-state index contributed by atoms with van der Waals surface area (Å²) in [7, 11) is 0. The molecular weight excluding hydrogens is 416 g/mol. The fraction of sp³-hybridized carbons (Fsp3) is 0.364. The first kappa shape index (κ1) is 21.6. The van der Waals surface area contributed by atoms with Crippen LogP contribution in [0.5, 0.6) is 5.75 Å². The normalized spacial score (nSPS) is 22.6. The van der Waals surface area contributed by atoms with Gasteiger partial charge in [-0.05, 0) is 18.1 Å². The minimum Gasteiger partial charge on any atom is -0.491 e. The second kappa shape index (κ2) is 9.23. The molecular formula is C22H24N4O6. The highest BCUT2D eigenvalue weighted by molar-refractivity contribution is 5.93. The fourth-order valence-electron chi connectivity index (χ4n) is 3.85. The summed E-state index contributed by atoms with van der Waals surface area (Å²) in [5, 5.41) is 2.84. The highest BCUT2D eigenvalue weighted by Gasteiger charge is 2.44. The van der Waals surface area contributed by atoms with E-state index in [-0.39, 0.29) is 44.3 Å². The van der Waals surface area contributed by atoms with Crippen molar-refractivity contribution in [3.8, 4) is 5.75 Å². The van der Waals surface area contributed by atoms with Gasteiger partial charge in [-0.15, -0.1) is 0 Å². The van der Waals surface area contributed by atoms with Crippen LogP contribution in [0.3, 0.4) is 0 Å². The van der Waals surface area contributed by atoms with E-state index in [1.807, 2.05) is 41.4 Å². The van der Waals surface area contributed by atoms with Crippen molar-refractivity contribution in [3.05, 3.63) is 74.6 Å². The first-order valence-electron chi connectivity index (χ1n) is 10.4. The van der Waals surface area contributed by atoms with Gasteiger partial charge in [0.15, 0.2) is 5.60 Å². The Bertz CT molecular complexity index is 1130. The van der Waals surface area contributed by atoms with Crippen molar-refractivity contribution in [2.45, 2.75) is 18.4 Å². The number of hydrogen-bond acceptors (Lipinski definition) is 6. The van der Waals surface area contributed by atoms with Crippen LogP contribution in [-0.4, -0.2) is 65.1 Å². The van der Waals surface area contributed by atoms with Gasteiger partial charge in [0.2, 0.25) is 0 Å². The number of ether oxygens (including phenoxy) is 2. The molecule has 2 aromatic rings. The maximum absolute atomic E-state index is 13.1. The summed E-state index contributed by atoms with van der Waals surface area (Å²) in [4.78, 5) is 55.0. The average Bonchev–Trinajstić information content (AvgIpc) is 2.78. The van der Waals surface area contributed by atoms with Crippen molar-refractivity contribution in [1.29, 1.82) is 0 Å². The first-order valence-corrected chi connectivity index (χ1v) is 10.4. The number of hydrogen-bond donors (Lipinski definition) is 3. The van der Waals surface area contributed by atoms with E-state index in [0.29, 0.717) is 13.0 Å². The van der Waals surface area contributed by atoms with E-state index in [0.717, 1.165) is 17.4 Å². The smallest absolute Gasteiger partial charge is 0.326 e. The van der Waals surface area contributed by atoms with Gasteiger partial charge >= 0.3 is 5.69 Å². The molecule has 1 saturated heterocycles. The minimum atomic E-state index is -1.29. The van der Waals surface area contributed by atoms with Crippen molar-refractivity contribution in [2.75, 3.05) is 32.8 Å². The van der Waals surface area contributed by atoms with Crippen molar-refractivity contribution in [3.63, 3.8) is 0 Å². The number of para-hydroxylation sites is 1. The number of aromatic nitrogens is 2. The summed E-state index contributed by atoms with van der Waals surface area (Å²) in [6, 6.07) is 8.75. The van der Waals surface area contributed by atoms with Gasteiger partial charge in [-0.2, -0.15) is 0 Å². The standard InChI is InChI=1S/C22H24N4O6/c27-18-13-16(24-21(30)25-18)19(28)26-10-12-32-22(14-26)8-4-3-6-15-5-1-2-7-17(15)31-11-9-23-20(22)29/h1-5,7,13H,6,8-12,14H2,(H,23,29)(H2,24,25,27,30)/b4-3+. The molecule has 4 rings (SSSR count). The van der Waals surface area contributed by atoms with Crippen LogP contribution < -0.4 is 21.3 Å². The van der Waals surface area contributed by atoms with E-state index in [4.69, 9.17) is 9.47 Å². The number of fused-ring (bicyclic) bond motifs is 1. The number of nitrogens with one attached hydrogen (secondary N) is 3. The van der Waals surface area contributed by atoms with E-state index >= 15 is 0 Å². The molecule has 1 atom stereocenters. The van der Waals surface area contributed by atoms with E-state index in [1.54, 1.807) is 0 Å². The Morgan fingerprint density at radius 3 is 2.75 bits per heavy atom. The monoisotopic (exact) mass is 440 g/mol.